The average molecular weight is 1170 g/mol. The molecule has 14 nitrogen and oxygen atoms in total. The molecule has 0 aliphatic carbocycles. The molecular weight excluding hydrogens is 1090 g/mol. The van der Waals surface area contributed by atoms with Gasteiger partial charge in [-0.1, -0.05) is 196 Å². The van der Waals surface area contributed by atoms with Crippen LogP contribution in [0.15, 0.2) is 206 Å². The molecule has 0 radical (unpaired) electrons. The minimum Gasteiger partial charge on any atom is -0.368 e. The summed E-state index contributed by atoms with van der Waals surface area (Å²) in [5, 5.41) is 14.2. The Kier molecular flexibility index (Phi) is 23.3. The largest absolute Gasteiger partial charge is 0.368 e. The van der Waals surface area contributed by atoms with Crippen molar-refractivity contribution in [2.75, 3.05) is 36.8 Å². The van der Waals surface area contributed by atoms with Crippen LogP contribution in [0.4, 0.5) is 11.4 Å². The van der Waals surface area contributed by atoms with Crippen molar-refractivity contribution in [3.05, 3.63) is 240 Å². The van der Waals surface area contributed by atoms with Gasteiger partial charge in [0, 0.05) is 37.6 Å². The van der Waals surface area contributed by atoms with Crippen molar-refractivity contribution < 1.29 is 38.0 Å². The second-order valence-electron chi connectivity index (χ2n) is 20.9. The molecule has 2 heterocycles. The van der Waals surface area contributed by atoms with Gasteiger partial charge in [0.2, 0.25) is 0 Å². The number of piperidine rings is 2. The van der Waals surface area contributed by atoms with Crippen molar-refractivity contribution in [3.8, 4) is 0 Å². The summed E-state index contributed by atoms with van der Waals surface area (Å²) < 4.78 is 40.4. The second-order valence-corrected chi connectivity index (χ2v) is 21.7. The lowest BCUT2D eigenvalue weighted by Crippen LogP contribution is -2.68. The fourth-order valence-corrected chi connectivity index (χ4v) is 11.0. The van der Waals surface area contributed by atoms with E-state index in [0.717, 1.165) is 44.8 Å². The molecule has 0 spiro atoms. The number of hydrogen-bond acceptors (Lipinski definition) is 10. The van der Waals surface area contributed by atoms with E-state index in [1.807, 2.05) is 216 Å². The first kappa shape index (κ1) is 61.2. The third kappa shape index (κ3) is 17.4. The predicted octanol–water partition coefficient (Wildman–Crippen LogP) is 11.0. The van der Waals surface area contributed by atoms with Crippen LogP contribution in [-0.2, 0) is 77.7 Å². The van der Waals surface area contributed by atoms with E-state index in [4.69, 9.17) is 52.9 Å². The molecule has 0 bridgehead atoms. The molecule has 0 saturated carbocycles. The number of nitrogens with one attached hydrogen (secondary N) is 4. The summed E-state index contributed by atoms with van der Waals surface area (Å²) in [4.78, 5) is 33.3. The topological polar surface area (TPSA) is 144 Å². The van der Waals surface area contributed by atoms with Gasteiger partial charge in [-0.2, -0.15) is 0 Å². The number of benzene rings is 7. The first-order chi connectivity index (χ1) is 41.2. The zero-order valence-electron chi connectivity index (χ0n) is 47.7. The zero-order valence-corrected chi connectivity index (χ0v) is 49.3. The predicted molar refractivity (Wildman–Crippen MR) is 337 cm³/mol. The summed E-state index contributed by atoms with van der Waals surface area (Å²) in [7, 11) is 0. The van der Waals surface area contributed by atoms with Crippen molar-refractivity contribution in [1.82, 2.24) is 20.4 Å². The molecule has 7 aromatic carbocycles. The zero-order chi connectivity index (χ0) is 58.3. The van der Waals surface area contributed by atoms with Gasteiger partial charge in [0.05, 0.1) is 51.7 Å². The average Bonchev–Trinajstić information content (AvgIpc) is 2.97. The van der Waals surface area contributed by atoms with Gasteiger partial charge in [0.1, 0.15) is 24.4 Å². The maximum atomic E-state index is 14.8. The molecule has 84 heavy (non-hydrogen) atoms. The number of anilines is 2. The summed E-state index contributed by atoms with van der Waals surface area (Å²) in [5.74, 6) is -0.328. The first-order valence-corrected chi connectivity index (χ1v) is 29.8. The Morgan fingerprint density at radius 3 is 0.881 bits per heavy atom. The van der Waals surface area contributed by atoms with Crippen LogP contribution in [0.2, 0.25) is 0 Å². The molecule has 2 amide bonds. The van der Waals surface area contributed by atoms with Crippen molar-refractivity contribution >= 4 is 57.8 Å². The van der Waals surface area contributed by atoms with Crippen molar-refractivity contribution in [3.63, 3.8) is 0 Å². The summed E-state index contributed by atoms with van der Waals surface area (Å²) in [6, 6.07) is 66.2. The number of carbonyl (C=O) groups is 2. The van der Waals surface area contributed by atoms with Crippen LogP contribution in [0.25, 0.3) is 0 Å². The fraction of sp³-hybridized carbons (Fsp3) is 0.324. The Hall–Kier alpha value is -7.38. The van der Waals surface area contributed by atoms with Gasteiger partial charge >= 0.3 is 0 Å². The molecule has 0 unspecified atom stereocenters. The Morgan fingerprint density at radius 2 is 0.619 bits per heavy atom. The third-order valence-electron chi connectivity index (χ3n) is 14.8. The van der Waals surface area contributed by atoms with E-state index in [1.54, 1.807) is 0 Å². The number of likely N-dealkylation sites (tertiary alicyclic amines) is 2. The highest BCUT2D eigenvalue weighted by Gasteiger charge is 2.52. The van der Waals surface area contributed by atoms with E-state index in [9.17, 15) is 9.59 Å². The van der Waals surface area contributed by atoms with Crippen molar-refractivity contribution in [2.24, 2.45) is 0 Å². The molecular formula is C68H76N6O8S2. The molecule has 7 aromatic rings. The van der Waals surface area contributed by atoms with E-state index >= 15 is 0 Å². The Labute approximate surface area is 505 Å². The lowest BCUT2D eigenvalue weighted by Gasteiger charge is -2.48. The second kappa shape index (κ2) is 32.0. The van der Waals surface area contributed by atoms with Crippen molar-refractivity contribution in [2.45, 2.75) is 115 Å². The molecule has 0 aromatic heterocycles. The first-order valence-electron chi connectivity index (χ1n) is 29.0. The molecule has 4 N–H and O–H groups in total. The van der Waals surface area contributed by atoms with E-state index in [-0.39, 0.29) is 51.3 Å². The van der Waals surface area contributed by atoms with Gasteiger partial charge in [-0.3, -0.25) is 9.59 Å². The molecule has 9 rings (SSSR count). The maximum Gasteiger partial charge on any atom is 0.254 e. The number of hydrogen-bond donors (Lipinski definition) is 4. The summed E-state index contributed by atoms with van der Waals surface area (Å²) in [6.07, 6.45) is -3.16. The van der Waals surface area contributed by atoms with E-state index in [0.29, 0.717) is 49.4 Å². The third-order valence-corrected chi connectivity index (χ3v) is 15.3. The molecule has 438 valence electrons. The lowest BCUT2D eigenvalue weighted by molar-refractivity contribution is -0.208. The molecule has 2 aliphatic heterocycles. The minimum absolute atomic E-state index is 0.164. The number of thiocarbonyl (C=S) groups is 2. The lowest BCUT2D eigenvalue weighted by atomic mass is 9.91. The van der Waals surface area contributed by atoms with Gasteiger partial charge in [-0.15, -0.1) is 0 Å². The van der Waals surface area contributed by atoms with Crippen LogP contribution >= 0.6 is 24.4 Å². The van der Waals surface area contributed by atoms with E-state index < -0.39 is 48.7 Å². The highest BCUT2D eigenvalue weighted by atomic mass is 32.1. The molecule has 8 atom stereocenters. The molecule has 16 heteroatoms. The quantitative estimate of drug-likeness (QED) is 0.0345. The van der Waals surface area contributed by atoms with Gasteiger partial charge in [0.15, 0.2) is 22.4 Å². The van der Waals surface area contributed by atoms with Gasteiger partial charge in [-0.25, -0.2) is 0 Å². The van der Waals surface area contributed by atoms with Crippen molar-refractivity contribution in [1.29, 1.82) is 0 Å². The number of rotatable bonds is 28. The van der Waals surface area contributed by atoms with Crippen LogP contribution in [0.1, 0.15) is 60.1 Å². The molecule has 2 fully saturated rings. The number of carbonyl (C=O) groups excluding carboxylic acids is 2. The van der Waals surface area contributed by atoms with E-state index in [2.05, 4.69) is 35.1 Å². The Balaban J connectivity index is 0.874. The summed E-state index contributed by atoms with van der Waals surface area (Å²) >= 11 is 11.9. The smallest absolute Gasteiger partial charge is 0.254 e. The van der Waals surface area contributed by atoms with Crippen LogP contribution < -0.4 is 21.3 Å². The number of ether oxygens (including phenoxy) is 6. The normalized spacial score (nSPS) is 20.5. The molecule has 2 saturated heterocycles. The highest BCUT2D eigenvalue weighted by Crippen LogP contribution is 2.32. The van der Waals surface area contributed by atoms with Crippen LogP contribution in [0.5, 0.6) is 0 Å². The van der Waals surface area contributed by atoms with Gasteiger partial charge in [-0.05, 0) is 94.9 Å². The van der Waals surface area contributed by atoms with Crippen LogP contribution in [-0.4, -0.2) is 107 Å². The highest BCUT2D eigenvalue weighted by molar-refractivity contribution is 7.80. The Bertz CT molecular complexity index is 2900. The number of nitrogens with zero attached hydrogens (tertiary/aromatic N) is 2. The maximum absolute atomic E-state index is 14.8. The van der Waals surface area contributed by atoms with Crippen LogP contribution in [0, 0.1) is 0 Å². The summed E-state index contributed by atoms with van der Waals surface area (Å²) in [5.41, 5.74) is 7.29. The molecule has 2 aliphatic rings. The van der Waals surface area contributed by atoms with E-state index in [1.165, 1.54) is 0 Å². The van der Waals surface area contributed by atoms with Crippen LogP contribution in [0.3, 0.4) is 0 Å². The van der Waals surface area contributed by atoms with Gasteiger partial charge < -0.3 is 59.5 Å². The minimum atomic E-state index is -0.934. The standard InChI is InChI=1S/C68H76N6O8S2/c1-3-39-73-57(59(77-43-49-23-11-5-12-24-49)61(79-45-51-27-15-7-16-28-51)63(65(73)75)81-47-53-31-19-9-20-32-53)41-69-67(83)71-55-35-37-56(38-36-55)72-68(84)70-42-58-60(78-44-50-25-13-6-14-26-50)62(80-46-52-29-17-8-18-30-52)64(66(76)74(58)40-4-2)82-48-54-33-21-10-22-34-54/h5-38,57-64H,3-4,39-48H2,1-2H3,(H2,69,71,83)(H2,70,72,84)/t57-,58-,59-,60-,61+,62+,63-,64-/m1/s1. The fourth-order valence-electron chi connectivity index (χ4n) is 10.6. The Morgan fingerprint density at radius 1 is 0.369 bits per heavy atom. The van der Waals surface area contributed by atoms with Gasteiger partial charge in [0.25, 0.3) is 11.8 Å². The number of amides is 2. The monoisotopic (exact) mass is 1170 g/mol. The SMILES string of the molecule is CCCN1C(=O)[C@H](OCc2ccccc2)[C@@H](OCc2ccccc2)[C@H](OCc2ccccc2)[C@H]1CNC(=S)Nc1ccc(NC(=S)NC[C@@H]2[C@@H](OCc3ccccc3)[C@H](OCc3ccccc3)[C@@H](OCc3ccccc3)C(=O)N2CCC)cc1. The summed E-state index contributed by atoms with van der Waals surface area (Å²) in [6.45, 7) is 7.18.